The molecule has 1 heterocycles. The predicted molar refractivity (Wildman–Crippen MR) is 71.2 cm³/mol. The van der Waals surface area contributed by atoms with Crippen LogP contribution in [0.3, 0.4) is 0 Å². The van der Waals surface area contributed by atoms with Crippen LogP contribution in [0, 0.1) is 0 Å². The summed E-state index contributed by atoms with van der Waals surface area (Å²) in [6.07, 6.45) is 11.1. The summed E-state index contributed by atoms with van der Waals surface area (Å²) in [5.74, 6) is 1.25. The Morgan fingerprint density at radius 3 is 2.78 bits per heavy atom. The Hall–Kier alpha value is -1.16. The second kappa shape index (κ2) is 5.65. The Balaban J connectivity index is 1.80. The molecule has 0 amide bonds. The van der Waals surface area contributed by atoms with Crippen molar-refractivity contribution >= 4 is 5.78 Å². The number of carbonyl (C=O) groups is 1. The van der Waals surface area contributed by atoms with Crippen molar-refractivity contribution < 1.29 is 4.79 Å². The molecule has 2 N–H and O–H groups in total. The lowest BCUT2D eigenvalue weighted by Crippen LogP contribution is -2.43. The molecule has 0 bridgehead atoms. The summed E-state index contributed by atoms with van der Waals surface area (Å²) in [6, 6.07) is 0. The maximum absolute atomic E-state index is 12.0. The van der Waals surface area contributed by atoms with Gasteiger partial charge in [-0.3, -0.25) is 4.79 Å². The lowest BCUT2D eigenvalue weighted by molar-refractivity contribution is -0.120. The van der Waals surface area contributed by atoms with Gasteiger partial charge in [0.15, 0.2) is 0 Å². The zero-order valence-corrected chi connectivity index (χ0v) is 11.2. The van der Waals surface area contributed by atoms with E-state index in [1.165, 1.54) is 19.3 Å². The average Bonchev–Trinajstić information content (AvgIpc) is 2.72. The van der Waals surface area contributed by atoms with Crippen molar-refractivity contribution in [1.29, 1.82) is 0 Å². The largest absolute Gasteiger partial charge is 0.338 e. The van der Waals surface area contributed by atoms with Crippen LogP contribution < -0.4 is 5.73 Å². The molecule has 0 radical (unpaired) electrons. The minimum Gasteiger partial charge on any atom is -0.338 e. The Morgan fingerprint density at radius 2 is 2.17 bits per heavy atom. The number of hydrogen-bond acceptors (Lipinski definition) is 3. The number of aryl methyl sites for hydroxylation is 2. The Labute approximate surface area is 109 Å². The number of hydrogen-bond donors (Lipinski definition) is 1. The van der Waals surface area contributed by atoms with Crippen LogP contribution >= 0.6 is 0 Å². The summed E-state index contributed by atoms with van der Waals surface area (Å²) >= 11 is 0. The lowest BCUT2D eigenvalue weighted by atomic mass is 9.79. The highest BCUT2D eigenvalue weighted by Gasteiger charge is 2.29. The molecule has 1 fully saturated rings. The van der Waals surface area contributed by atoms with Crippen molar-refractivity contribution in [3.05, 3.63) is 18.2 Å². The van der Waals surface area contributed by atoms with Crippen LogP contribution in [-0.4, -0.2) is 20.9 Å². The van der Waals surface area contributed by atoms with Crippen molar-refractivity contribution in [1.82, 2.24) is 9.55 Å². The fourth-order valence-corrected chi connectivity index (χ4v) is 2.80. The molecule has 1 aliphatic rings. The van der Waals surface area contributed by atoms with E-state index in [4.69, 9.17) is 5.73 Å². The van der Waals surface area contributed by atoms with Gasteiger partial charge in [-0.1, -0.05) is 19.3 Å². The van der Waals surface area contributed by atoms with Gasteiger partial charge in [-0.25, -0.2) is 4.98 Å². The molecule has 18 heavy (non-hydrogen) atoms. The smallest absolute Gasteiger partial charge is 0.135 e. The van der Waals surface area contributed by atoms with E-state index in [1.54, 1.807) is 6.20 Å². The highest BCUT2D eigenvalue weighted by molar-refractivity contribution is 5.79. The van der Waals surface area contributed by atoms with Crippen molar-refractivity contribution in [2.24, 2.45) is 12.8 Å². The van der Waals surface area contributed by atoms with E-state index in [0.29, 0.717) is 12.8 Å². The third-order valence-corrected chi connectivity index (χ3v) is 3.95. The van der Waals surface area contributed by atoms with Gasteiger partial charge in [-0.05, 0) is 12.8 Å². The normalized spacial score (nSPS) is 18.8. The highest BCUT2D eigenvalue weighted by atomic mass is 16.1. The molecule has 0 unspecified atom stereocenters. The van der Waals surface area contributed by atoms with Crippen LogP contribution in [-0.2, 0) is 18.3 Å². The summed E-state index contributed by atoms with van der Waals surface area (Å²) in [5, 5.41) is 0. The van der Waals surface area contributed by atoms with Crippen molar-refractivity contribution in [2.45, 2.75) is 56.9 Å². The molecule has 1 saturated carbocycles. The molecule has 100 valence electrons. The van der Waals surface area contributed by atoms with Crippen LogP contribution in [0.2, 0.25) is 0 Å². The van der Waals surface area contributed by atoms with Gasteiger partial charge in [0.05, 0.1) is 0 Å². The maximum atomic E-state index is 12.0. The number of nitrogens with two attached hydrogens (primary N) is 1. The van der Waals surface area contributed by atoms with E-state index in [1.807, 2.05) is 17.8 Å². The summed E-state index contributed by atoms with van der Waals surface area (Å²) in [5.41, 5.74) is 6.07. The third-order valence-electron chi connectivity index (χ3n) is 3.95. The monoisotopic (exact) mass is 249 g/mol. The SMILES string of the molecule is Cn1ccnc1CCC(=O)CC1(N)CCCCC1. The van der Waals surface area contributed by atoms with Gasteiger partial charge < -0.3 is 10.3 Å². The van der Waals surface area contributed by atoms with E-state index in [9.17, 15) is 4.79 Å². The first-order chi connectivity index (χ1) is 8.59. The lowest BCUT2D eigenvalue weighted by Gasteiger charge is -2.32. The van der Waals surface area contributed by atoms with E-state index in [2.05, 4.69) is 4.98 Å². The highest BCUT2D eigenvalue weighted by Crippen LogP contribution is 2.29. The van der Waals surface area contributed by atoms with Gasteiger partial charge in [-0.2, -0.15) is 0 Å². The summed E-state index contributed by atoms with van der Waals surface area (Å²) < 4.78 is 1.96. The van der Waals surface area contributed by atoms with Crippen molar-refractivity contribution in [3.63, 3.8) is 0 Å². The molecule has 0 spiro atoms. The van der Waals surface area contributed by atoms with E-state index in [0.717, 1.165) is 25.1 Å². The standard InChI is InChI=1S/C14H23N3O/c1-17-10-9-16-13(17)6-5-12(18)11-14(15)7-3-2-4-8-14/h9-10H,2-8,11,15H2,1H3. The van der Waals surface area contributed by atoms with E-state index < -0.39 is 0 Å². The molecular weight excluding hydrogens is 226 g/mol. The zero-order valence-electron chi connectivity index (χ0n) is 11.2. The fraction of sp³-hybridized carbons (Fsp3) is 0.714. The molecule has 1 aromatic rings. The molecule has 4 heteroatoms. The van der Waals surface area contributed by atoms with Crippen LogP contribution in [0.4, 0.5) is 0 Å². The molecule has 0 aromatic carbocycles. The topological polar surface area (TPSA) is 60.9 Å². The van der Waals surface area contributed by atoms with Gasteiger partial charge in [0.2, 0.25) is 0 Å². The van der Waals surface area contributed by atoms with Crippen LogP contribution in [0.25, 0.3) is 0 Å². The molecule has 1 aliphatic carbocycles. The van der Waals surface area contributed by atoms with E-state index >= 15 is 0 Å². The molecule has 4 nitrogen and oxygen atoms in total. The molecule has 0 aliphatic heterocycles. The fourth-order valence-electron chi connectivity index (χ4n) is 2.80. The predicted octanol–water partition coefficient (Wildman–Crippen LogP) is 1.97. The number of ketones is 1. The molecule has 1 aromatic heterocycles. The maximum Gasteiger partial charge on any atom is 0.135 e. The number of aromatic nitrogens is 2. The first kappa shape index (κ1) is 13.3. The van der Waals surface area contributed by atoms with Crippen LogP contribution in [0.5, 0.6) is 0 Å². The Kier molecular flexibility index (Phi) is 4.17. The number of carbonyl (C=O) groups excluding carboxylic acids is 1. The van der Waals surface area contributed by atoms with Crippen molar-refractivity contribution in [3.8, 4) is 0 Å². The van der Waals surface area contributed by atoms with E-state index in [-0.39, 0.29) is 11.3 Å². The second-order valence-corrected chi connectivity index (χ2v) is 5.59. The zero-order chi connectivity index (χ0) is 13.0. The van der Waals surface area contributed by atoms with Gasteiger partial charge >= 0.3 is 0 Å². The molecule has 0 saturated heterocycles. The second-order valence-electron chi connectivity index (χ2n) is 5.59. The number of rotatable bonds is 5. The minimum absolute atomic E-state index is 0.225. The first-order valence-electron chi connectivity index (χ1n) is 6.86. The van der Waals surface area contributed by atoms with Gasteiger partial charge in [0, 0.05) is 44.2 Å². The van der Waals surface area contributed by atoms with Crippen LogP contribution in [0.1, 0.15) is 50.8 Å². The number of imidazole rings is 1. The first-order valence-corrected chi connectivity index (χ1v) is 6.86. The summed E-state index contributed by atoms with van der Waals surface area (Å²) in [7, 11) is 1.96. The molecule has 2 rings (SSSR count). The van der Waals surface area contributed by atoms with Gasteiger partial charge in [0.25, 0.3) is 0 Å². The molecular formula is C14H23N3O. The quantitative estimate of drug-likeness (QED) is 0.868. The molecule has 0 atom stereocenters. The van der Waals surface area contributed by atoms with Crippen LogP contribution in [0.15, 0.2) is 12.4 Å². The Morgan fingerprint density at radius 1 is 1.44 bits per heavy atom. The van der Waals surface area contributed by atoms with Crippen molar-refractivity contribution in [2.75, 3.05) is 0 Å². The number of Topliss-reactive ketones (excluding diaryl/α,β-unsaturated/α-hetero) is 1. The summed E-state index contributed by atoms with van der Waals surface area (Å²) in [6.45, 7) is 0. The Bertz CT molecular complexity index is 405. The summed E-state index contributed by atoms with van der Waals surface area (Å²) in [4.78, 5) is 16.2. The third kappa shape index (κ3) is 3.42. The average molecular weight is 249 g/mol. The minimum atomic E-state index is -0.225. The number of nitrogens with zero attached hydrogens (tertiary/aromatic N) is 2. The van der Waals surface area contributed by atoms with Gasteiger partial charge in [-0.15, -0.1) is 0 Å². The van der Waals surface area contributed by atoms with Gasteiger partial charge in [0.1, 0.15) is 11.6 Å².